The number of nitrogens with zero attached hydrogens (tertiary/aromatic N) is 1. The van der Waals surface area contributed by atoms with Gasteiger partial charge in [0.2, 0.25) is 0 Å². The van der Waals surface area contributed by atoms with Crippen molar-refractivity contribution < 1.29 is 14.3 Å². The van der Waals surface area contributed by atoms with Crippen molar-refractivity contribution in [3.8, 4) is 6.07 Å². The van der Waals surface area contributed by atoms with E-state index in [1.807, 2.05) is 38.1 Å². The minimum absolute atomic E-state index is 0.133. The Morgan fingerprint density at radius 3 is 1.89 bits per heavy atom. The van der Waals surface area contributed by atoms with Crippen LogP contribution in [-0.4, -0.2) is 11.6 Å². The molecular formula is C32H29Cl2NO3. The van der Waals surface area contributed by atoms with Gasteiger partial charge in [-0.25, -0.2) is 0 Å². The normalized spacial score (nSPS) is 22.7. The molecule has 2 aliphatic carbocycles. The number of hydrogen-bond acceptors (Lipinski definition) is 4. The monoisotopic (exact) mass is 545 g/mol. The molecule has 0 spiro atoms. The highest BCUT2D eigenvalue weighted by Gasteiger charge is 2.46. The summed E-state index contributed by atoms with van der Waals surface area (Å²) in [5.41, 5.74) is 3.12. The molecule has 1 atom stereocenters. The molecule has 38 heavy (non-hydrogen) atoms. The molecule has 0 saturated heterocycles. The van der Waals surface area contributed by atoms with Crippen molar-refractivity contribution in [2.45, 2.75) is 59.3 Å². The smallest absolute Gasteiger partial charge is 0.167 e. The van der Waals surface area contributed by atoms with Gasteiger partial charge in [-0.05, 0) is 64.8 Å². The highest BCUT2D eigenvalue weighted by atomic mass is 35.5. The zero-order chi connectivity index (χ0) is 27.4. The standard InChI is InChI=1S/C32H29Cl2NO3/c1-31(2)13-22(28-24(36)14-32(3,4)15-25(28)37)29-26(16-31)38-30(19-7-11-21(34)12-8-19)23(17-35)27(29)18-5-9-20(33)10-6-18/h5-12,27H,13-16H2,1-4H3. The Morgan fingerprint density at radius 1 is 0.816 bits per heavy atom. The third-order valence-corrected chi connectivity index (χ3v) is 8.04. The molecule has 1 heterocycles. The van der Waals surface area contributed by atoms with Crippen LogP contribution in [0.1, 0.15) is 70.4 Å². The number of allylic oxidation sites excluding steroid dienone is 5. The summed E-state index contributed by atoms with van der Waals surface area (Å²) in [6.45, 7) is 8.14. The van der Waals surface area contributed by atoms with E-state index in [-0.39, 0.29) is 28.0 Å². The molecule has 5 rings (SSSR count). The van der Waals surface area contributed by atoms with Crippen LogP contribution in [-0.2, 0) is 14.3 Å². The summed E-state index contributed by atoms with van der Waals surface area (Å²) >= 11 is 12.4. The number of nitriles is 1. The Morgan fingerprint density at radius 2 is 1.34 bits per heavy atom. The van der Waals surface area contributed by atoms with Gasteiger partial charge in [0, 0.05) is 40.4 Å². The van der Waals surface area contributed by atoms with Crippen molar-refractivity contribution in [1.82, 2.24) is 0 Å². The zero-order valence-corrected chi connectivity index (χ0v) is 23.5. The van der Waals surface area contributed by atoms with E-state index in [1.54, 1.807) is 24.3 Å². The molecule has 2 aromatic carbocycles. The van der Waals surface area contributed by atoms with Gasteiger partial charge in [0.1, 0.15) is 11.5 Å². The van der Waals surface area contributed by atoms with Gasteiger partial charge in [0.25, 0.3) is 0 Å². The average Bonchev–Trinajstić information content (AvgIpc) is 2.82. The summed E-state index contributed by atoms with van der Waals surface area (Å²) in [6.07, 6.45) is 1.77. The van der Waals surface area contributed by atoms with E-state index >= 15 is 0 Å². The number of halogens is 2. The van der Waals surface area contributed by atoms with Crippen molar-refractivity contribution >= 4 is 40.5 Å². The number of carbonyl (C=O) groups is 2. The predicted molar refractivity (Wildman–Crippen MR) is 149 cm³/mol. The largest absolute Gasteiger partial charge is 0.460 e. The van der Waals surface area contributed by atoms with Gasteiger partial charge in [-0.15, -0.1) is 0 Å². The number of Topliss-reactive ketones (excluding diaryl/α,β-unsaturated/α-hetero) is 2. The fourth-order valence-corrected chi connectivity index (χ4v) is 6.21. The van der Waals surface area contributed by atoms with E-state index in [2.05, 4.69) is 19.9 Å². The lowest BCUT2D eigenvalue weighted by Crippen LogP contribution is -2.35. The first-order valence-electron chi connectivity index (χ1n) is 12.8. The number of benzene rings is 2. The van der Waals surface area contributed by atoms with E-state index in [0.717, 1.165) is 16.7 Å². The molecule has 0 aromatic heterocycles. The number of ether oxygens (including phenoxy) is 1. The zero-order valence-electron chi connectivity index (χ0n) is 22.0. The van der Waals surface area contributed by atoms with E-state index in [4.69, 9.17) is 27.9 Å². The summed E-state index contributed by atoms with van der Waals surface area (Å²) < 4.78 is 6.57. The third-order valence-electron chi connectivity index (χ3n) is 7.54. The van der Waals surface area contributed by atoms with Gasteiger partial charge in [0.15, 0.2) is 11.6 Å². The Kier molecular flexibility index (Phi) is 6.66. The van der Waals surface area contributed by atoms with Crippen LogP contribution in [0.25, 0.3) is 5.76 Å². The minimum Gasteiger partial charge on any atom is -0.460 e. The second-order valence-electron chi connectivity index (χ2n) is 12.0. The minimum atomic E-state index is -0.513. The van der Waals surface area contributed by atoms with E-state index in [9.17, 15) is 14.9 Å². The quantitative estimate of drug-likeness (QED) is 0.280. The number of hydrogen-bond donors (Lipinski definition) is 0. The molecular weight excluding hydrogens is 517 g/mol. The highest BCUT2D eigenvalue weighted by Crippen LogP contribution is 2.55. The molecule has 1 unspecified atom stereocenters. The number of carbonyl (C=O) groups excluding carboxylic acids is 2. The molecule has 6 heteroatoms. The van der Waals surface area contributed by atoms with Crippen molar-refractivity contribution in [1.29, 1.82) is 5.26 Å². The fraction of sp³-hybridized carbons (Fsp3) is 0.344. The van der Waals surface area contributed by atoms with Gasteiger partial charge in [-0.3, -0.25) is 9.59 Å². The number of ketones is 2. The molecule has 0 N–H and O–H groups in total. The summed E-state index contributed by atoms with van der Waals surface area (Å²) in [5, 5.41) is 11.7. The van der Waals surface area contributed by atoms with Crippen molar-refractivity contribution in [3.63, 3.8) is 0 Å². The molecule has 0 radical (unpaired) electrons. The van der Waals surface area contributed by atoms with Gasteiger partial charge in [-0.1, -0.05) is 63.0 Å². The molecule has 4 nitrogen and oxygen atoms in total. The van der Waals surface area contributed by atoms with Gasteiger partial charge < -0.3 is 4.74 Å². The fourth-order valence-electron chi connectivity index (χ4n) is 5.96. The van der Waals surface area contributed by atoms with Crippen LogP contribution in [0.5, 0.6) is 0 Å². The van der Waals surface area contributed by atoms with Gasteiger partial charge >= 0.3 is 0 Å². The molecule has 1 aliphatic heterocycles. The maximum atomic E-state index is 13.5. The van der Waals surface area contributed by atoms with Crippen molar-refractivity contribution in [2.24, 2.45) is 10.8 Å². The molecule has 3 aliphatic rings. The molecule has 1 saturated carbocycles. The van der Waals surface area contributed by atoms with Crippen LogP contribution in [0, 0.1) is 22.2 Å². The topological polar surface area (TPSA) is 67.2 Å². The first-order valence-corrected chi connectivity index (χ1v) is 13.5. The summed E-state index contributed by atoms with van der Waals surface area (Å²) in [4.78, 5) is 27.0. The van der Waals surface area contributed by atoms with Crippen LogP contribution < -0.4 is 0 Å². The maximum absolute atomic E-state index is 13.5. The first-order chi connectivity index (χ1) is 17.9. The first kappa shape index (κ1) is 26.5. The Labute approximate surface area is 233 Å². The van der Waals surface area contributed by atoms with Crippen molar-refractivity contribution in [2.75, 3.05) is 0 Å². The lowest BCUT2D eigenvalue weighted by molar-refractivity contribution is -0.127. The van der Waals surface area contributed by atoms with E-state index in [1.165, 1.54) is 0 Å². The SMILES string of the molecule is CC1(C)CC(=O)C(=C2CC(C)(C)CC3=C2C(c2ccc(Cl)cc2)C(C#N)=C(c2ccc(Cl)cc2)O3)C(=O)C1. The van der Waals surface area contributed by atoms with E-state index in [0.29, 0.717) is 58.4 Å². The lowest BCUT2D eigenvalue weighted by Gasteiger charge is -2.42. The average molecular weight is 546 g/mol. The Bertz CT molecular complexity index is 1460. The maximum Gasteiger partial charge on any atom is 0.167 e. The van der Waals surface area contributed by atoms with Crippen LogP contribution in [0.2, 0.25) is 10.0 Å². The number of rotatable bonds is 2. The summed E-state index contributed by atoms with van der Waals surface area (Å²) in [5.74, 6) is 0.379. The molecule has 1 fully saturated rings. The van der Waals surface area contributed by atoms with Crippen LogP contribution >= 0.6 is 23.2 Å². The molecule has 194 valence electrons. The predicted octanol–water partition coefficient (Wildman–Crippen LogP) is 8.37. The van der Waals surface area contributed by atoms with Crippen LogP contribution in [0.4, 0.5) is 0 Å². The second kappa shape index (κ2) is 9.56. The lowest BCUT2D eigenvalue weighted by atomic mass is 9.64. The second-order valence-corrected chi connectivity index (χ2v) is 12.9. The van der Waals surface area contributed by atoms with Crippen LogP contribution in [0.15, 0.2) is 76.6 Å². The molecule has 0 amide bonds. The van der Waals surface area contributed by atoms with E-state index < -0.39 is 5.92 Å². The summed E-state index contributed by atoms with van der Waals surface area (Å²) in [6, 6.07) is 17.0. The molecule has 0 bridgehead atoms. The van der Waals surface area contributed by atoms with Crippen LogP contribution in [0.3, 0.4) is 0 Å². The summed E-state index contributed by atoms with van der Waals surface area (Å²) in [7, 11) is 0. The Hall–Kier alpha value is -3.13. The van der Waals surface area contributed by atoms with Crippen molar-refractivity contribution in [3.05, 3.63) is 97.8 Å². The molecule has 2 aromatic rings. The highest BCUT2D eigenvalue weighted by molar-refractivity contribution is 6.30. The Balaban J connectivity index is 1.79. The van der Waals surface area contributed by atoms with Gasteiger partial charge in [-0.2, -0.15) is 5.26 Å². The van der Waals surface area contributed by atoms with Gasteiger partial charge in [0.05, 0.1) is 23.1 Å². The third kappa shape index (κ3) is 4.86.